The first kappa shape index (κ1) is 11.0. The van der Waals surface area contributed by atoms with Crippen LogP contribution in [0, 0.1) is 0 Å². The standard InChI is InChI=1S/C10H9Br2NO2S/c11-5-1-6-7-3-16(14,15)4-9(7)13-10(6)8(12)2-5/h1-2,7,9,13H,3-4H2. The molecule has 86 valence electrons. The number of hydrogen-bond acceptors (Lipinski definition) is 3. The Morgan fingerprint density at radius 1 is 1.25 bits per heavy atom. The smallest absolute Gasteiger partial charge is 0.153 e. The first-order chi connectivity index (χ1) is 7.46. The second-order valence-corrected chi connectivity index (χ2v) is 8.21. The van der Waals surface area contributed by atoms with E-state index in [-0.39, 0.29) is 23.5 Å². The monoisotopic (exact) mass is 365 g/mol. The Morgan fingerprint density at radius 2 is 2.00 bits per heavy atom. The Labute approximate surface area is 111 Å². The molecular formula is C10H9Br2NO2S. The summed E-state index contributed by atoms with van der Waals surface area (Å²) in [5, 5.41) is 3.30. The fourth-order valence-electron chi connectivity index (χ4n) is 2.52. The Hall–Kier alpha value is -0.0700. The van der Waals surface area contributed by atoms with Crippen LogP contribution in [0.25, 0.3) is 0 Å². The lowest BCUT2D eigenvalue weighted by Gasteiger charge is -2.07. The first-order valence-corrected chi connectivity index (χ1v) is 8.33. The Bertz CT molecular complexity index is 570. The molecule has 1 saturated heterocycles. The van der Waals surface area contributed by atoms with Crippen LogP contribution in [0.4, 0.5) is 5.69 Å². The van der Waals surface area contributed by atoms with E-state index in [9.17, 15) is 8.42 Å². The number of benzene rings is 1. The number of fused-ring (bicyclic) bond motifs is 3. The molecule has 1 fully saturated rings. The molecule has 2 aliphatic heterocycles. The van der Waals surface area contributed by atoms with Crippen LogP contribution in [0.2, 0.25) is 0 Å². The molecule has 1 N–H and O–H groups in total. The van der Waals surface area contributed by atoms with Crippen molar-refractivity contribution in [1.29, 1.82) is 0 Å². The summed E-state index contributed by atoms with van der Waals surface area (Å²) in [6.45, 7) is 0. The van der Waals surface area contributed by atoms with Crippen molar-refractivity contribution in [2.75, 3.05) is 16.8 Å². The van der Waals surface area contributed by atoms with Crippen molar-refractivity contribution in [2.45, 2.75) is 12.0 Å². The number of hydrogen-bond donors (Lipinski definition) is 1. The highest BCUT2D eigenvalue weighted by molar-refractivity contribution is 9.11. The average Bonchev–Trinajstić information content (AvgIpc) is 2.59. The molecule has 3 rings (SSSR count). The molecule has 0 aliphatic carbocycles. The minimum Gasteiger partial charge on any atom is -0.379 e. The van der Waals surface area contributed by atoms with Gasteiger partial charge in [0, 0.05) is 20.9 Å². The molecule has 0 aromatic heterocycles. The van der Waals surface area contributed by atoms with E-state index in [4.69, 9.17) is 0 Å². The van der Waals surface area contributed by atoms with Gasteiger partial charge in [0.25, 0.3) is 0 Å². The highest BCUT2D eigenvalue weighted by Crippen LogP contribution is 2.45. The van der Waals surface area contributed by atoms with E-state index in [1.807, 2.05) is 12.1 Å². The Kier molecular flexibility index (Phi) is 2.39. The summed E-state index contributed by atoms with van der Waals surface area (Å²) in [5.41, 5.74) is 2.15. The summed E-state index contributed by atoms with van der Waals surface area (Å²) in [7, 11) is -2.87. The number of rotatable bonds is 0. The van der Waals surface area contributed by atoms with Gasteiger partial charge in [-0.05, 0) is 33.6 Å². The van der Waals surface area contributed by atoms with Crippen molar-refractivity contribution in [2.24, 2.45) is 0 Å². The van der Waals surface area contributed by atoms with E-state index in [1.165, 1.54) is 0 Å². The summed E-state index contributed by atoms with van der Waals surface area (Å²) in [6, 6.07) is 4.03. The quantitative estimate of drug-likeness (QED) is 0.767. The first-order valence-electron chi connectivity index (χ1n) is 4.92. The topological polar surface area (TPSA) is 46.2 Å². The van der Waals surface area contributed by atoms with E-state index in [0.29, 0.717) is 0 Å². The second-order valence-electron chi connectivity index (χ2n) is 4.29. The molecule has 1 aromatic carbocycles. The van der Waals surface area contributed by atoms with Gasteiger partial charge in [-0.1, -0.05) is 15.9 Å². The summed E-state index contributed by atoms with van der Waals surface area (Å²) >= 11 is 6.93. The number of nitrogens with one attached hydrogen (secondary N) is 1. The van der Waals surface area contributed by atoms with Crippen LogP contribution in [0.1, 0.15) is 11.5 Å². The van der Waals surface area contributed by atoms with Crippen molar-refractivity contribution in [1.82, 2.24) is 0 Å². The van der Waals surface area contributed by atoms with E-state index >= 15 is 0 Å². The highest BCUT2D eigenvalue weighted by Gasteiger charge is 2.44. The van der Waals surface area contributed by atoms with Gasteiger partial charge in [0.2, 0.25) is 0 Å². The normalized spacial score (nSPS) is 29.6. The molecule has 0 amide bonds. The van der Waals surface area contributed by atoms with Gasteiger partial charge >= 0.3 is 0 Å². The molecule has 2 aliphatic rings. The highest BCUT2D eigenvalue weighted by atomic mass is 79.9. The average molecular weight is 367 g/mol. The Morgan fingerprint density at radius 3 is 2.75 bits per heavy atom. The largest absolute Gasteiger partial charge is 0.379 e. The van der Waals surface area contributed by atoms with Crippen LogP contribution in [0.3, 0.4) is 0 Å². The third kappa shape index (κ3) is 1.62. The molecule has 0 saturated carbocycles. The Balaban J connectivity index is 2.13. The van der Waals surface area contributed by atoms with Gasteiger partial charge in [-0.2, -0.15) is 0 Å². The summed E-state index contributed by atoms with van der Waals surface area (Å²) in [6.07, 6.45) is 0. The summed E-state index contributed by atoms with van der Waals surface area (Å²) in [4.78, 5) is 0. The van der Waals surface area contributed by atoms with Gasteiger partial charge in [-0.3, -0.25) is 0 Å². The van der Waals surface area contributed by atoms with Crippen molar-refractivity contribution < 1.29 is 8.42 Å². The fourth-order valence-corrected chi connectivity index (χ4v) is 5.85. The number of halogens is 2. The van der Waals surface area contributed by atoms with E-state index in [1.54, 1.807) is 0 Å². The molecule has 0 radical (unpaired) electrons. The van der Waals surface area contributed by atoms with Crippen LogP contribution < -0.4 is 5.32 Å². The van der Waals surface area contributed by atoms with Crippen LogP contribution >= 0.6 is 31.9 Å². The molecule has 1 aromatic rings. The van der Waals surface area contributed by atoms with Gasteiger partial charge in [0.1, 0.15) is 0 Å². The van der Waals surface area contributed by atoms with Gasteiger partial charge in [0.15, 0.2) is 9.84 Å². The fraction of sp³-hybridized carbons (Fsp3) is 0.400. The minimum atomic E-state index is -2.87. The molecule has 2 unspecified atom stereocenters. The SMILES string of the molecule is O=S1(=O)CC2Nc3c(Br)cc(Br)cc3C2C1. The maximum Gasteiger partial charge on any atom is 0.153 e. The maximum atomic E-state index is 11.6. The lowest BCUT2D eigenvalue weighted by Crippen LogP contribution is -2.19. The number of sulfone groups is 1. The third-order valence-electron chi connectivity index (χ3n) is 3.17. The zero-order valence-corrected chi connectivity index (χ0v) is 12.2. The molecule has 2 atom stereocenters. The van der Waals surface area contributed by atoms with E-state index < -0.39 is 9.84 Å². The minimum absolute atomic E-state index is 0.0469. The van der Waals surface area contributed by atoms with Crippen molar-refractivity contribution >= 4 is 47.4 Å². The lowest BCUT2D eigenvalue weighted by molar-refractivity contribution is 0.601. The molecular weight excluding hydrogens is 358 g/mol. The lowest BCUT2D eigenvalue weighted by atomic mass is 9.99. The van der Waals surface area contributed by atoms with Crippen LogP contribution in [-0.2, 0) is 9.84 Å². The maximum absolute atomic E-state index is 11.6. The summed E-state index contributed by atoms with van der Waals surface area (Å²) < 4.78 is 25.1. The van der Waals surface area contributed by atoms with E-state index in [2.05, 4.69) is 37.2 Å². The molecule has 2 heterocycles. The second kappa shape index (κ2) is 3.46. The van der Waals surface area contributed by atoms with Crippen LogP contribution in [-0.4, -0.2) is 26.0 Å². The van der Waals surface area contributed by atoms with Gasteiger partial charge in [-0.25, -0.2) is 8.42 Å². The van der Waals surface area contributed by atoms with E-state index in [0.717, 1.165) is 20.2 Å². The predicted molar refractivity (Wildman–Crippen MR) is 70.6 cm³/mol. The van der Waals surface area contributed by atoms with Crippen molar-refractivity contribution in [3.63, 3.8) is 0 Å². The van der Waals surface area contributed by atoms with Gasteiger partial charge < -0.3 is 5.32 Å². The van der Waals surface area contributed by atoms with Crippen molar-refractivity contribution in [3.05, 3.63) is 26.6 Å². The number of anilines is 1. The molecule has 6 heteroatoms. The summed E-state index contributed by atoms with van der Waals surface area (Å²) in [5.74, 6) is 0.616. The molecule has 0 spiro atoms. The van der Waals surface area contributed by atoms with Gasteiger partial charge in [-0.15, -0.1) is 0 Å². The van der Waals surface area contributed by atoms with Crippen molar-refractivity contribution in [3.8, 4) is 0 Å². The molecule has 3 nitrogen and oxygen atoms in total. The zero-order valence-electron chi connectivity index (χ0n) is 8.20. The van der Waals surface area contributed by atoms with Crippen LogP contribution in [0.15, 0.2) is 21.1 Å². The van der Waals surface area contributed by atoms with Gasteiger partial charge in [0.05, 0.1) is 17.2 Å². The molecule has 16 heavy (non-hydrogen) atoms. The third-order valence-corrected chi connectivity index (χ3v) is 5.98. The predicted octanol–water partition coefficient (Wildman–Crippen LogP) is 2.52. The van der Waals surface area contributed by atoms with Crippen LogP contribution in [0.5, 0.6) is 0 Å². The molecule has 0 bridgehead atoms. The zero-order chi connectivity index (χ0) is 11.5.